The van der Waals surface area contributed by atoms with Crippen molar-refractivity contribution in [3.8, 4) is 11.6 Å². The number of rotatable bonds is 4. The summed E-state index contributed by atoms with van der Waals surface area (Å²) in [6, 6.07) is 7.45. The Balaban J connectivity index is 0.00000116. The highest BCUT2D eigenvalue weighted by Gasteiger charge is 2.07. The van der Waals surface area contributed by atoms with Crippen molar-refractivity contribution in [2.75, 3.05) is 17.7 Å². The monoisotopic (exact) mass is 299 g/mol. The fourth-order valence-electron chi connectivity index (χ4n) is 1.95. The zero-order valence-corrected chi connectivity index (χ0v) is 14.1. The lowest BCUT2D eigenvalue weighted by molar-refractivity contribution is 0.459. The van der Waals surface area contributed by atoms with Crippen molar-refractivity contribution >= 4 is 11.4 Å². The molecule has 22 heavy (non-hydrogen) atoms. The molecule has 1 aromatic carbocycles. The Bertz CT molecular complexity index is 638. The number of ether oxygens (including phenoxy) is 1. The number of aryl methyl sites for hydroxylation is 2. The normalized spacial score (nSPS) is 9.50. The van der Waals surface area contributed by atoms with Crippen LogP contribution in [0.25, 0.3) is 0 Å². The predicted octanol–water partition coefficient (Wildman–Crippen LogP) is 4.68. The van der Waals surface area contributed by atoms with E-state index < -0.39 is 0 Å². The van der Waals surface area contributed by atoms with Crippen LogP contribution in [0.3, 0.4) is 0 Å². The van der Waals surface area contributed by atoms with Crippen LogP contribution in [0.2, 0.25) is 0 Å². The number of anilines is 2. The van der Waals surface area contributed by atoms with Gasteiger partial charge in [0.2, 0.25) is 5.88 Å². The van der Waals surface area contributed by atoms with E-state index in [1.165, 1.54) is 0 Å². The topological polar surface area (TPSA) is 51.4 Å². The zero-order chi connectivity index (χ0) is 16.7. The molecule has 2 rings (SSSR count). The first-order chi connectivity index (χ1) is 10.5. The summed E-state index contributed by atoms with van der Waals surface area (Å²) in [6.45, 7) is 11.7. The lowest BCUT2D eigenvalue weighted by Gasteiger charge is -2.16. The molecule has 0 bridgehead atoms. The van der Waals surface area contributed by atoms with Gasteiger partial charge in [-0.3, -0.25) is 0 Å². The molecule has 0 unspecified atom stereocenters. The molecule has 4 nitrogen and oxygen atoms in total. The number of nitrogens with two attached hydrogens (primary N) is 1. The molecule has 0 saturated heterocycles. The van der Waals surface area contributed by atoms with Gasteiger partial charge in [-0.05, 0) is 49.4 Å². The van der Waals surface area contributed by atoms with Crippen LogP contribution in [0, 0.1) is 13.8 Å². The zero-order valence-electron chi connectivity index (χ0n) is 14.1. The largest absolute Gasteiger partial charge is 0.439 e. The van der Waals surface area contributed by atoms with E-state index in [1.54, 1.807) is 12.4 Å². The molecular weight excluding hydrogens is 274 g/mol. The average molecular weight is 299 g/mol. The van der Waals surface area contributed by atoms with Crippen molar-refractivity contribution in [2.45, 2.75) is 27.7 Å². The SMILES string of the molecule is C=CN(C)c1cnc(Oc2ccc(N)cc2C)cc1C.CC. The van der Waals surface area contributed by atoms with Crippen LogP contribution in [-0.4, -0.2) is 12.0 Å². The Morgan fingerprint density at radius 3 is 2.41 bits per heavy atom. The molecule has 2 aromatic rings. The number of pyridine rings is 1. The molecular formula is C18H25N3O. The van der Waals surface area contributed by atoms with E-state index in [2.05, 4.69) is 11.6 Å². The minimum absolute atomic E-state index is 0.566. The maximum absolute atomic E-state index is 5.80. The van der Waals surface area contributed by atoms with E-state index in [9.17, 15) is 0 Å². The molecule has 1 heterocycles. The Kier molecular flexibility index (Phi) is 6.45. The van der Waals surface area contributed by atoms with Gasteiger partial charge in [0.15, 0.2) is 0 Å². The van der Waals surface area contributed by atoms with Crippen LogP contribution in [0.1, 0.15) is 25.0 Å². The minimum Gasteiger partial charge on any atom is -0.439 e. The van der Waals surface area contributed by atoms with E-state index in [1.807, 2.05) is 63.9 Å². The number of aromatic nitrogens is 1. The summed E-state index contributed by atoms with van der Waals surface area (Å²) in [4.78, 5) is 6.24. The number of hydrogen-bond acceptors (Lipinski definition) is 4. The molecule has 1 aromatic heterocycles. The summed E-state index contributed by atoms with van der Waals surface area (Å²) in [7, 11) is 1.93. The molecule has 0 fully saturated rings. The quantitative estimate of drug-likeness (QED) is 0.833. The van der Waals surface area contributed by atoms with Crippen molar-refractivity contribution < 1.29 is 4.74 Å². The van der Waals surface area contributed by atoms with Crippen LogP contribution >= 0.6 is 0 Å². The first-order valence-electron chi connectivity index (χ1n) is 7.37. The lowest BCUT2D eigenvalue weighted by atomic mass is 10.2. The molecule has 4 heteroatoms. The van der Waals surface area contributed by atoms with Gasteiger partial charge in [-0.25, -0.2) is 4.98 Å². The number of benzene rings is 1. The van der Waals surface area contributed by atoms with E-state index >= 15 is 0 Å². The number of nitrogens with zero attached hydrogens (tertiary/aromatic N) is 2. The molecule has 0 aliphatic heterocycles. The van der Waals surface area contributed by atoms with Gasteiger partial charge in [-0.15, -0.1) is 0 Å². The van der Waals surface area contributed by atoms with Gasteiger partial charge >= 0.3 is 0 Å². The molecule has 0 amide bonds. The second-order valence-corrected chi connectivity index (χ2v) is 4.73. The maximum Gasteiger partial charge on any atom is 0.219 e. The summed E-state index contributed by atoms with van der Waals surface area (Å²) in [5, 5.41) is 0. The summed E-state index contributed by atoms with van der Waals surface area (Å²) in [5.74, 6) is 1.33. The average Bonchev–Trinajstić information content (AvgIpc) is 2.51. The molecule has 2 N–H and O–H groups in total. The summed E-state index contributed by atoms with van der Waals surface area (Å²) >= 11 is 0. The standard InChI is InChI=1S/C16H19N3O.C2H6/c1-5-19(4)14-10-18-16(9-11(14)2)20-15-7-6-13(17)8-12(15)3;1-2/h5-10H,1,17H2,2-4H3;1-2H3. The van der Waals surface area contributed by atoms with Crippen molar-refractivity contribution in [2.24, 2.45) is 0 Å². The summed E-state index contributed by atoms with van der Waals surface area (Å²) in [5.41, 5.74) is 9.51. The summed E-state index contributed by atoms with van der Waals surface area (Å²) < 4.78 is 5.80. The molecule has 0 saturated carbocycles. The van der Waals surface area contributed by atoms with Crippen molar-refractivity contribution in [3.05, 3.63) is 54.4 Å². The molecule has 118 valence electrons. The van der Waals surface area contributed by atoms with E-state index in [-0.39, 0.29) is 0 Å². The smallest absolute Gasteiger partial charge is 0.219 e. The predicted molar refractivity (Wildman–Crippen MR) is 94.6 cm³/mol. The number of hydrogen-bond donors (Lipinski definition) is 1. The Hall–Kier alpha value is -2.49. The van der Waals surface area contributed by atoms with E-state index in [0.29, 0.717) is 5.88 Å². The highest BCUT2D eigenvalue weighted by atomic mass is 16.5. The van der Waals surface area contributed by atoms with Gasteiger partial charge < -0.3 is 15.4 Å². The highest BCUT2D eigenvalue weighted by molar-refractivity contribution is 5.54. The van der Waals surface area contributed by atoms with E-state index in [4.69, 9.17) is 10.5 Å². The molecule has 0 aliphatic carbocycles. The van der Waals surface area contributed by atoms with E-state index in [0.717, 1.165) is 28.3 Å². The van der Waals surface area contributed by atoms with Gasteiger partial charge in [0.05, 0.1) is 11.9 Å². The summed E-state index contributed by atoms with van der Waals surface area (Å²) in [6.07, 6.45) is 3.52. The maximum atomic E-state index is 5.80. The van der Waals surface area contributed by atoms with Crippen LogP contribution in [0.15, 0.2) is 43.2 Å². The van der Waals surface area contributed by atoms with Gasteiger partial charge in [-0.2, -0.15) is 0 Å². The van der Waals surface area contributed by atoms with Gasteiger partial charge in [0.25, 0.3) is 0 Å². The third-order valence-electron chi connectivity index (χ3n) is 3.13. The fraction of sp³-hybridized carbons (Fsp3) is 0.278. The molecule has 0 radical (unpaired) electrons. The minimum atomic E-state index is 0.566. The molecule has 0 atom stereocenters. The third-order valence-corrected chi connectivity index (χ3v) is 3.13. The number of nitrogen functional groups attached to an aromatic ring is 1. The van der Waals surface area contributed by atoms with Crippen LogP contribution in [0.5, 0.6) is 11.6 Å². The lowest BCUT2D eigenvalue weighted by Crippen LogP contribution is -2.09. The fourth-order valence-corrected chi connectivity index (χ4v) is 1.95. The van der Waals surface area contributed by atoms with Crippen molar-refractivity contribution in [1.29, 1.82) is 0 Å². The Morgan fingerprint density at radius 1 is 1.18 bits per heavy atom. The Morgan fingerprint density at radius 2 is 1.86 bits per heavy atom. The van der Waals surface area contributed by atoms with Gasteiger partial charge in [0.1, 0.15) is 5.75 Å². The van der Waals surface area contributed by atoms with Gasteiger partial charge in [0, 0.05) is 18.8 Å². The van der Waals surface area contributed by atoms with Gasteiger partial charge in [-0.1, -0.05) is 20.4 Å². The second-order valence-electron chi connectivity index (χ2n) is 4.73. The van der Waals surface area contributed by atoms with Crippen LogP contribution in [0.4, 0.5) is 11.4 Å². The van der Waals surface area contributed by atoms with Crippen molar-refractivity contribution in [1.82, 2.24) is 4.98 Å². The van der Waals surface area contributed by atoms with Crippen LogP contribution < -0.4 is 15.4 Å². The molecule has 0 aliphatic rings. The van der Waals surface area contributed by atoms with Crippen molar-refractivity contribution in [3.63, 3.8) is 0 Å². The first-order valence-corrected chi connectivity index (χ1v) is 7.37. The third kappa shape index (κ3) is 4.25. The second kappa shape index (κ2) is 8.08. The Labute approximate surface area is 133 Å². The molecule has 0 spiro atoms. The first kappa shape index (κ1) is 17.6. The highest BCUT2D eigenvalue weighted by Crippen LogP contribution is 2.28. The van der Waals surface area contributed by atoms with Crippen LogP contribution in [-0.2, 0) is 0 Å².